The topological polar surface area (TPSA) is 50.1 Å². The maximum Gasteiger partial charge on any atom is 0.115 e. The molecule has 0 bridgehead atoms. The molecule has 1 aliphatic carbocycles. The van der Waals surface area contributed by atoms with Crippen molar-refractivity contribution in [2.75, 3.05) is 26.7 Å². The van der Waals surface area contributed by atoms with E-state index in [0.29, 0.717) is 0 Å². The number of fused-ring (bicyclic) bond motifs is 1. The van der Waals surface area contributed by atoms with Gasteiger partial charge in [0.25, 0.3) is 0 Å². The number of aromatic nitrogens is 4. The van der Waals surface area contributed by atoms with Gasteiger partial charge in [-0.25, -0.2) is 15.0 Å². The number of nitrogens with zero attached hydrogens (tertiary/aromatic N) is 6. The molecule has 128 valence electrons. The van der Waals surface area contributed by atoms with Crippen molar-refractivity contribution in [2.45, 2.75) is 38.9 Å². The Bertz CT molecular complexity index is 663. The zero-order valence-electron chi connectivity index (χ0n) is 14.4. The van der Waals surface area contributed by atoms with Crippen LogP contribution in [0.4, 0.5) is 0 Å². The fourth-order valence-electron chi connectivity index (χ4n) is 3.57. The van der Waals surface area contributed by atoms with Crippen LogP contribution >= 0.6 is 0 Å². The predicted octanol–water partition coefficient (Wildman–Crippen LogP) is 1.57. The average Bonchev–Trinajstić information content (AvgIpc) is 3.36. The molecule has 1 saturated carbocycles. The van der Waals surface area contributed by atoms with E-state index in [0.717, 1.165) is 50.6 Å². The van der Waals surface area contributed by atoms with Gasteiger partial charge in [-0.05, 0) is 25.8 Å². The highest BCUT2D eigenvalue weighted by Crippen LogP contribution is 2.30. The van der Waals surface area contributed by atoms with E-state index in [2.05, 4.69) is 37.6 Å². The van der Waals surface area contributed by atoms with E-state index in [4.69, 9.17) is 4.98 Å². The number of rotatable bonds is 6. The van der Waals surface area contributed by atoms with Crippen LogP contribution in [-0.2, 0) is 26.1 Å². The molecule has 0 spiro atoms. The largest absolute Gasteiger partial charge is 0.329 e. The summed E-state index contributed by atoms with van der Waals surface area (Å²) < 4.78 is 2.44. The molecule has 24 heavy (non-hydrogen) atoms. The summed E-state index contributed by atoms with van der Waals surface area (Å²) in [4.78, 5) is 17.8. The van der Waals surface area contributed by atoms with Crippen molar-refractivity contribution in [3.8, 4) is 0 Å². The highest BCUT2D eigenvalue weighted by atomic mass is 15.2. The van der Waals surface area contributed by atoms with Crippen molar-refractivity contribution in [3.05, 3.63) is 42.0 Å². The van der Waals surface area contributed by atoms with E-state index in [1.54, 1.807) is 6.33 Å². The van der Waals surface area contributed by atoms with Crippen molar-refractivity contribution >= 4 is 0 Å². The maximum atomic E-state index is 4.69. The van der Waals surface area contributed by atoms with Crippen molar-refractivity contribution in [2.24, 2.45) is 5.92 Å². The Balaban J connectivity index is 1.38. The lowest BCUT2D eigenvalue weighted by Gasteiger charge is -2.20. The first-order chi connectivity index (χ1) is 11.8. The number of imidazole rings is 1. The lowest BCUT2D eigenvalue weighted by Crippen LogP contribution is -2.29. The third-order valence-electron chi connectivity index (χ3n) is 5.02. The van der Waals surface area contributed by atoms with Crippen LogP contribution in [0, 0.1) is 5.92 Å². The molecular formula is C18H26N6. The van der Waals surface area contributed by atoms with Gasteiger partial charge in [0.1, 0.15) is 12.2 Å². The zero-order chi connectivity index (χ0) is 16.4. The first-order valence-electron chi connectivity index (χ1n) is 8.96. The number of hydrogen-bond acceptors (Lipinski definition) is 5. The van der Waals surface area contributed by atoms with Crippen LogP contribution in [0.3, 0.4) is 0 Å². The molecule has 1 aliphatic heterocycles. The van der Waals surface area contributed by atoms with Crippen molar-refractivity contribution < 1.29 is 0 Å². The summed E-state index contributed by atoms with van der Waals surface area (Å²) in [6.07, 6.45) is 11.3. The maximum absolute atomic E-state index is 4.69. The molecule has 0 unspecified atom stereocenters. The van der Waals surface area contributed by atoms with Crippen molar-refractivity contribution in [3.63, 3.8) is 0 Å². The Labute approximate surface area is 143 Å². The van der Waals surface area contributed by atoms with Crippen LogP contribution in [-0.4, -0.2) is 56.0 Å². The smallest absolute Gasteiger partial charge is 0.115 e. The predicted molar refractivity (Wildman–Crippen MR) is 92.3 cm³/mol. The summed E-state index contributed by atoms with van der Waals surface area (Å²) in [5.41, 5.74) is 2.46. The molecule has 0 N–H and O–H groups in total. The summed E-state index contributed by atoms with van der Waals surface area (Å²) in [6, 6.07) is 0. The average molecular weight is 326 g/mol. The minimum atomic E-state index is 0.856. The standard InChI is InChI=1S/C18H26N6/c1-22(11-16-8-19-14-20-9-16)13-17-10-21-18-4-5-23(6-7-24(17)18)12-15-2-3-15/h8-10,14-15H,2-7,11-13H2,1H3. The Hall–Kier alpha value is -1.79. The SMILES string of the molecule is CN(Cc1cncnc1)Cc1cnc2n1CCN(CC1CC1)CC2. The van der Waals surface area contributed by atoms with E-state index in [9.17, 15) is 0 Å². The summed E-state index contributed by atoms with van der Waals surface area (Å²) in [6.45, 7) is 6.43. The molecule has 3 heterocycles. The second-order valence-electron chi connectivity index (χ2n) is 7.23. The molecule has 1 fully saturated rings. The van der Waals surface area contributed by atoms with Gasteiger partial charge in [-0.15, -0.1) is 0 Å². The molecule has 2 aliphatic rings. The summed E-state index contributed by atoms with van der Waals surface area (Å²) in [7, 11) is 2.14. The second-order valence-corrected chi connectivity index (χ2v) is 7.23. The van der Waals surface area contributed by atoms with Crippen LogP contribution in [0.5, 0.6) is 0 Å². The second kappa shape index (κ2) is 6.99. The van der Waals surface area contributed by atoms with Gasteiger partial charge in [-0.1, -0.05) is 0 Å². The number of hydrogen-bond donors (Lipinski definition) is 0. The molecule has 4 rings (SSSR count). The lowest BCUT2D eigenvalue weighted by atomic mass is 10.3. The van der Waals surface area contributed by atoms with Crippen molar-refractivity contribution in [1.29, 1.82) is 0 Å². The first-order valence-corrected chi connectivity index (χ1v) is 8.96. The summed E-state index contributed by atoms with van der Waals surface area (Å²) in [5.74, 6) is 2.22. The molecule has 0 aromatic carbocycles. The highest BCUT2D eigenvalue weighted by molar-refractivity contribution is 5.09. The lowest BCUT2D eigenvalue weighted by molar-refractivity contribution is 0.265. The first kappa shape index (κ1) is 15.7. The Morgan fingerprint density at radius 1 is 1.08 bits per heavy atom. The molecule has 0 radical (unpaired) electrons. The van der Waals surface area contributed by atoms with Crippen LogP contribution in [0.25, 0.3) is 0 Å². The summed E-state index contributed by atoms with van der Waals surface area (Å²) >= 11 is 0. The van der Waals surface area contributed by atoms with E-state index >= 15 is 0 Å². The van der Waals surface area contributed by atoms with Crippen molar-refractivity contribution in [1.82, 2.24) is 29.3 Å². The Morgan fingerprint density at radius 2 is 1.92 bits per heavy atom. The van der Waals surface area contributed by atoms with Gasteiger partial charge in [0.05, 0.1) is 5.69 Å². The van der Waals surface area contributed by atoms with E-state index in [1.807, 2.05) is 12.4 Å². The van der Waals surface area contributed by atoms with Gasteiger partial charge < -0.3 is 9.47 Å². The minimum Gasteiger partial charge on any atom is -0.329 e. The van der Waals surface area contributed by atoms with Gasteiger partial charge in [-0.2, -0.15) is 0 Å². The molecule has 0 saturated heterocycles. The van der Waals surface area contributed by atoms with Gasteiger partial charge in [0.2, 0.25) is 0 Å². The molecule has 0 atom stereocenters. The molecular weight excluding hydrogens is 300 g/mol. The summed E-state index contributed by atoms with van der Waals surface area (Å²) in [5, 5.41) is 0. The Kier molecular flexibility index (Phi) is 4.58. The van der Waals surface area contributed by atoms with Crippen LogP contribution in [0.2, 0.25) is 0 Å². The third kappa shape index (κ3) is 3.82. The van der Waals surface area contributed by atoms with Gasteiger partial charge in [0.15, 0.2) is 0 Å². The molecule has 2 aromatic heterocycles. The highest BCUT2D eigenvalue weighted by Gasteiger charge is 2.26. The zero-order valence-corrected chi connectivity index (χ0v) is 14.4. The van der Waals surface area contributed by atoms with Gasteiger partial charge >= 0.3 is 0 Å². The molecule has 2 aromatic rings. The molecule has 6 heteroatoms. The minimum absolute atomic E-state index is 0.856. The van der Waals surface area contributed by atoms with Gasteiger partial charge in [0, 0.05) is 69.8 Å². The third-order valence-corrected chi connectivity index (χ3v) is 5.02. The molecule has 6 nitrogen and oxygen atoms in total. The van der Waals surface area contributed by atoms with E-state index < -0.39 is 0 Å². The Morgan fingerprint density at radius 3 is 2.71 bits per heavy atom. The normalized spacial score (nSPS) is 18.6. The van der Waals surface area contributed by atoms with Crippen LogP contribution in [0.1, 0.15) is 29.9 Å². The van der Waals surface area contributed by atoms with E-state index in [1.165, 1.54) is 30.9 Å². The van der Waals surface area contributed by atoms with Gasteiger partial charge in [-0.3, -0.25) is 4.90 Å². The van der Waals surface area contributed by atoms with Crippen LogP contribution < -0.4 is 0 Å². The molecule has 0 amide bonds. The quantitative estimate of drug-likeness (QED) is 0.806. The fraction of sp³-hybridized carbons (Fsp3) is 0.611. The van der Waals surface area contributed by atoms with Crippen LogP contribution in [0.15, 0.2) is 24.9 Å². The van der Waals surface area contributed by atoms with E-state index in [-0.39, 0.29) is 0 Å². The monoisotopic (exact) mass is 326 g/mol. The fourth-order valence-corrected chi connectivity index (χ4v) is 3.57.